The first-order valence-electron chi connectivity index (χ1n) is 10.2. The molecular weight excluding hydrogens is 348 g/mol. The molecule has 4 heteroatoms. The Kier molecular flexibility index (Phi) is 6.53. The molecule has 1 aromatic rings. The number of carbonyl (C=O) groups excluding carboxylic acids is 1. The van der Waals surface area contributed by atoms with Crippen molar-refractivity contribution in [2.75, 3.05) is 32.1 Å². The average Bonchev–Trinajstić information content (AvgIpc) is 2.67. The molecule has 0 radical (unpaired) electrons. The van der Waals surface area contributed by atoms with Crippen LogP contribution in [-0.4, -0.2) is 38.6 Å². The number of allylic oxidation sites excluding steroid dienone is 3. The first-order valence-corrected chi connectivity index (χ1v) is 10.2. The molecule has 0 saturated carbocycles. The van der Waals surface area contributed by atoms with Gasteiger partial charge in [-0.15, -0.1) is 0 Å². The summed E-state index contributed by atoms with van der Waals surface area (Å²) < 4.78 is 0. The molecule has 0 saturated heterocycles. The molecule has 28 heavy (non-hydrogen) atoms. The molecule has 0 bridgehead atoms. The summed E-state index contributed by atoms with van der Waals surface area (Å²) in [7, 11) is 4.04. The van der Waals surface area contributed by atoms with Gasteiger partial charge in [0.1, 0.15) is 11.9 Å². The van der Waals surface area contributed by atoms with E-state index in [4.69, 9.17) is 0 Å². The lowest BCUT2D eigenvalue weighted by molar-refractivity contribution is -0.107. The number of rotatable bonds is 9. The normalized spacial score (nSPS) is 20.5. The number of carbonyl (C=O) groups is 1. The van der Waals surface area contributed by atoms with Gasteiger partial charge in [0.2, 0.25) is 0 Å². The largest absolute Gasteiger partial charge is 0.381 e. The van der Waals surface area contributed by atoms with E-state index in [1.54, 1.807) is 0 Å². The Morgan fingerprint density at radius 2 is 2.00 bits per heavy atom. The van der Waals surface area contributed by atoms with E-state index in [1.807, 2.05) is 21.0 Å². The highest BCUT2D eigenvalue weighted by atomic mass is 16.3. The van der Waals surface area contributed by atoms with Gasteiger partial charge in [0.15, 0.2) is 0 Å². The quantitative estimate of drug-likeness (QED) is 0.503. The van der Waals surface area contributed by atoms with E-state index in [9.17, 15) is 9.90 Å². The third-order valence-electron chi connectivity index (χ3n) is 5.68. The van der Waals surface area contributed by atoms with Gasteiger partial charge in [-0.3, -0.25) is 0 Å². The van der Waals surface area contributed by atoms with Gasteiger partial charge in [-0.05, 0) is 86.2 Å². The molecule has 2 aliphatic carbocycles. The van der Waals surface area contributed by atoms with Crippen LogP contribution in [0, 0.1) is 0 Å². The van der Waals surface area contributed by atoms with Crippen molar-refractivity contribution in [3.05, 3.63) is 58.2 Å². The summed E-state index contributed by atoms with van der Waals surface area (Å²) in [6.45, 7) is 3.79. The van der Waals surface area contributed by atoms with E-state index in [2.05, 4.69) is 46.6 Å². The highest BCUT2D eigenvalue weighted by Crippen LogP contribution is 2.45. The van der Waals surface area contributed by atoms with Crippen molar-refractivity contribution in [1.29, 1.82) is 0 Å². The Hall–Kier alpha value is -2.17. The van der Waals surface area contributed by atoms with Gasteiger partial charge in [0.25, 0.3) is 0 Å². The molecule has 1 atom stereocenters. The Balaban J connectivity index is 1.69. The zero-order valence-corrected chi connectivity index (χ0v) is 17.3. The van der Waals surface area contributed by atoms with Crippen LogP contribution in [0.5, 0.6) is 0 Å². The van der Waals surface area contributed by atoms with Crippen molar-refractivity contribution < 1.29 is 9.90 Å². The third-order valence-corrected chi connectivity index (χ3v) is 5.68. The molecule has 2 N–H and O–H groups in total. The maximum Gasteiger partial charge on any atom is 0.120 e. The van der Waals surface area contributed by atoms with Crippen LogP contribution < -0.4 is 10.2 Å². The first-order chi connectivity index (χ1) is 13.4. The Morgan fingerprint density at radius 3 is 2.75 bits per heavy atom. The van der Waals surface area contributed by atoms with Crippen molar-refractivity contribution in [2.24, 2.45) is 0 Å². The number of nitrogens with zero attached hydrogens (tertiary/aromatic N) is 1. The second-order valence-electron chi connectivity index (χ2n) is 8.12. The summed E-state index contributed by atoms with van der Waals surface area (Å²) >= 11 is 0. The SMILES string of the molecule is CN(C)c1ccc2c(c1)C(C)(O)C1=CCC(CCCNCCCC=O)=CC1=C2. The number of hydrogen-bond acceptors (Lipinski definition) is 4. The van der Waals surface area contributed by atoms with Crippen LogP contribution in [0.1, 0.15) is 50.2 Å². The summed E-state index contributed by atoms with van der Waals surface area (Å²) in [6.07, 6.45) is 12.2. The van der Waals surface area contributed by atoms with E-state index < -0.39 is 5.60 Å². The number of benzene rings is 1. The van der Waals surface area contributed by atoms with Crippen LogP contribution in [0.3, 0.4) is 0 Å². The Labute approximate surface area is 168 Å². The fourth-order valence-electron chi connectivity index (χ4n) is 4.04. The summed E-state index contributed by atoms with van der Waals surface area (Å²) in [4.78, 5) is 12.4. The van der Waals surface area contributed by atoms with Crippen LogP contribution in [0.25, 0.3) is 6.08 Å². The lowest BCUT2D eigenvalue weighted by Crippen LogP contribution is -2.30. The monoisotopic (exact) mass is 380 g/mol. The van der Waals surface area contributed by atoms with Gasteiger partial charge in [-0.2, -0.15) is 0 Å². The van der Waals surface area contributed by atoms with Gasteiger partial charge >= 0.3 is 0 Å². The van der Waals surface area contributed by atoms with E-state index in [0.29, 0.717) is 6.42 Å². The van der Waals surface area contributed by atoms with E-state index >= 15 is 0 Å². The van der Waals surface area contributed by atoms with Crippen molar-refractivity contribution in [3.8, 4) is 0 Å². The zero-order chi connectivity index (χ0) is 20.1. The lowest BCUT2D eigenvalue weighted by Gasteiger charge is -2.36. The third kappa shape index (κ3) is 4.45. The van der Waals surface area contributed by atoms with Crippen LogP contribution in [0.4, 0.5) is 5.69 Å². The second kappa shape index (κ2) is 8.89. The summed E-state index contributed by atoms with van der Waals surface area (Å²) in [5.74, 6) is 0. The van der Waals surface area contributed by atoms with Gasteiger partial charge < -0.3 is 20.1 Å². The fourth-order valence-corrected chi connectivity index (χ4v) is 4.04. The minimum absolute atomic E-state index is 0.636. The first kappa shape index (κ1) is 20.6. The standard InChI is InChI=1S/C24H32N2O2/c1-24(28)22-11-8-18(7-6-13-25-12-4-5-14-27)15-20(22)16-19-9-10-21(26(2)3)17-23(19)24/h9-11,14-17,25,28H,4-8,12-13H2,1-3H3. The predicted octanol–water partition coefficient (Wildman–Crippen LogP) is 3.96. The Bertz CT molecular complexity index is 816. The number of aldehydes is 1. The number of aliphatic hydroxyl groups is 1. The molecule has 3 rings (SSSR count). The summed E-state index contributed by atoms with van der Waals surface area (Å²) in [6, 6.07) is 6.30. The maximum absolute atomic E-state index is 11.3. The van der Waals surface area contributed by atoms with Crippen LogP contribution in [0.15, 0.2) is 47.1 Å². The van der Waals surface area contributed by atoms with Crippen molar-refractivity contribution in [3.63, 3.8) is 0 Å². The number of unbranched alkanes of at least 4 members (excludes halogenated alkanes) is 1. The highest BCUT2D eigenvalue weighted by Gasteiger charge is 2.36. The number of anilines is 1. The van der Waals surface area contributed by atoms with E-state index in [-0.39, 0.29) is 0 Å². The van der Waals surface area contributed by atoms with Crippen LogP contribution in [0.2, 0.25) is 0 Å². The summed E-state index contributed by atoms with van der Waals surface area (Å²) in [5, 5.41) is 14.7. The van der Waals surface area contributed by atoms with Gasteiger partial charge in [-0.25, -0.2) is 0 Å². The minimum Gasteiger partial charge on any atom is -0.381 e. The second-order valence-corrected chi connectivity index (χ2v) is 8.12. The molecule has 0 amide bonds. The number of fused-ring (bicyclic) bond motifs is 2. The number of hydrogen-bond donors (Lipinski definition) is 2. The molecule has 1 unspecified atom stereocenters. The Morgan fingerprint density at radius 1 is 1.21 bits per heavy atom. The van der Waals surface area contributed by atoms with Crippen molar-refractivity contribution >= 4 is 18.0 Å². The molecule has 2 aliphatic rings. The highest BCUT2D eigenvalue weighted by molar-refractivity contribution is 5.75. The zero-order valence-electron chi connectivity index (χ0n) is 17.3. The van der Waals surface area contributed by atoms with Crippen molar-refractivity contribution in [1.82, 2.24) is 5.32 Å². The molecular formula is C24H32N2O2. The fraction of sp³-hybridized carbons (Fsp3) is 0.458. The van der Waals surface area contributed by atoms with Gasteiger partial charge in [0.05, 0.1) is 0 Å². The maximum atomic E-state index is 11.3. The molecule has 1 aromatic carbocycles. The molecule has 150 valence electrons. The molecule has 4 nitrogen and oxygen atoms in total. The molecule has 0 aliphatic heterocycles. The lowest BCUT2D eigenvalue weighted by atomic mass is 9.73. The molecule has 0 fully saturated rings. The van der Waals surface area contributed by atoms with Gasteiger partial charge in [0, 0.05) is 26.2 Å². The predicted molar refractivity (Wildman–Crippen MR) is 117 cm³/mol. The smallest absolute Gasteiger partial charge is 0.120 e. The van der Waals surface area contributed by atoms with Gasteiger partial charge in [-0.1, -0.05) is 23.8 Å². The summed E-state index contributed by atoms with van der Waals surface area (Å²) in [5.41, 5.74) is 5.77. The minimum atomic E-state index is -0.965. The topological polar surface area (TPSA) is 52.6 Å². The van der Waals surface area contributed by atoms with E-state index in [1.165, 1.54) is 5.57 Å². The van der Waals surface area contributed by atoms with E-state index in [0.717, 1.165) is 73.0 Å². The van der Waals surface area contributed by atoms with Crippen molar-refractivity contribution in [2.45, 2.75) is 44.6 Å². The molecule has 0 aromatic heterocycles. The van der Waals surface area contributed by atoms with Crippen LogP contribution >= 0.6 is 0 Å². The molecule has 0 heterocycles. The molecule has 0 spiro atoms. The average molecular weight is 381 g/mol. The van der Waals surface area contributed by atoms with Crippen LogP contribution in [-0.2, 0) is 10.4 Å². The number of nitrogens with one attached hydrogen (secondary N) is 1.